The highest BCUT2D eigenvalue weighted by molar-refractivity contribution is 6.04. The molecule has 0 radical (unpaired) electrons. The van der Waals surface area contributed by atoms with E-state index in [-0.39, 0.29) is 5.91 Å². The molecule has 2 aromatic carbocycles. The molecule has 1 N–H and O–H groups in total. The van der Waals surface area contributed by atoms with Crippen molar-refractivity contribution in [1.82, 2.24) is 10.1 Å². The van der Waals surface area contributed by atoms with Crippen molar-refractivity contribution in [1.29, 1.82) is 5.26 Å². The Morgan fingerprint density at radius 1 is 1.23 bits per heavy atom. The second kappa shape index (κ2) is 6.81. The Bertz CT molecular complexity index is 999. The summed E-state index contributed by atoms with van der Waals surface area (Å²) in [6.07, 6.45) is 2.69. The summed E-state index contributed by atoms with van der Waals surface area (Å²) in [6, 6.07) is 16.2. The number of amides is 1. The molecule has 26 heavy (non-hydrogen) atoms. The summed E-state index contributed by atoms with van der Waals surface area (Å²) in [6.45, 7) is 0. The van der Waals surface area contributed by atoms with E-state index in [1.165, 1.54) is 0 Å². The molecule has 1 heterocycles. The summed E-state index contributed by atoms with van der Waals surface area (Å²) in [4.78, 5) is 17.0. The summed E-state index contributed by atoms with van der Waals surface area (Å²) in [7, 11) is 0. The number of rotatable bonds is 5. The first kappa shape index (κ1) is 16.0. The highest BCUT2D eigenvalue weighted by Crippen LogP contribution is 2.38. The molecule has 4 rings (SSSR count). The quantitative estimate of drug-likeness (QED) is 0.762. The third-order valence-electron chi connectivity index (χ3n) is 4.29. The minimum atomic E-state index is -0.265. The van der Waals surface area contributed by atoms with Crippen LogP contribution in [-0.2, 0) is 6.42 Å². The number of hydrogen-bond acceptors (Lipinski definition) is 5. The van der Waals surface area contributed by atoms with E-state index in [1.807, 2.05) is 30.3 Å². The van der Waals surface area contributed by atoms with Gasteiger partial charge in [0.1, 0.15) is 0 Å². The molecule has 1 saturated carbocycles. The zero-order chi connectivity index (χ0) is 17.9. The van der Waals surface area contributed by atoms with E-state index in [0.717, 1.165) is 24.2 Å². The van der Waals surface area contributed by atoms with Crippen LogP contribution in [0.15, 0.2) is 53.1 Å². The van der Waals surface area contributed by atoms with E-state index in [1.54, 1.807) is 24.3 Å². The van der Waals surface area contributed by atoms with E-state index in [9.17, 15) is 4.79 Å². The molecule has 0 atom stereocenters. The maximum absolute atomic E-state index is 12.5. The molecule has 0 saturated heterocycles. The summed E-state index contributed by atoms with van der Waals surface area (Å²) < 4.78 is 5.33. The Morgan fingerprint density at radius 3 is 2.88 bits per heavy atom. The second-order valence-corrected chi connectivity index (χ2v) is 6.30. The monoisotopic (exact) mass is 344 g/mol. The summed E-state index contributed by atoms with van der Waals surface area (Å²) in [5.41, 5.74) is 2.46. The second-order valence-electron chi connectivity index (χ2n) is 6.30. The molecular formula is C20H16N4O2. The lowest BCUT2D eigenvalue weighted by atomic mass is 10.1. The average molecular weight is 344 g/mol. The molecule has 1 amide bonds. The fourth-order valence-electron chi connectivity index (χ4n) is 2.73. The van der Waals surface area contributed by atoms with Crippen LogP contribution in [0.4, 0.5) is 5.69 Å². The predicted molar refractivity (Wildman–Crippen MR) is 94.6 cm³/mol. The van der Waals surface area contributed by atoms with E-state index >= 15 is 0 Å². The Kier molecular flexibility index (Phi) is 4.20. The molecule has 1 fully saturated rings. The van der Waals surface area contributed by atoms with Gasteiger partial charge in [0, 0.05) is 17.2 Å². The zero-order valence-corrected chi connectivity index (χ0v) is 14.0. The van der Waals surface area contributed by atoms with Gasteiger partial charge in [-0.3, -0.25) is 4.79 Å². The van der Waals surface area contributed by atoms with Crippen molar-refractivity contribution in [3.05, 3.63) is 76.9 Å². The largest absolute Gasteiger partial charge is 0.339 e. The highest BCUT2D eigenvalue weighted by atomic mass is 16.5. The number of nitrogens with one attached hydrogen (secondary N) is 1. The van der Waals surface area contributed by atoms with Crippen molar-refractivity contribution in [2.45, 2.75) is 25.2 Å². The number of carbonyl (C=O) groups excluding carboxylic acids is 1. The molecule has 6 heteroatoms. The molecule has 0 aliphatic heterocycles. The van der Waals surface area contributed by atoms with Crippen LogP contribution < -0.4 is 5.32 Å². The summed E-state index contributed by atoms with van der Waals surface area (Å²) in [5, 5.41) is 15.9. The van der Waals surface area contributed by atoms with Crippen molar-refractivity contribution in [2.24, 2.45) is 0 Å². The van der Waals surface area contributed by atoms with Crippen LogP contribution in [0.25, 0.3) is 0 Å². The zero-order valence-electron chi connectivity index (χ0n) is 14.0. The SMILES string of the molecule is N#Cc1cccc(C(=O)Nc2ccccc2Cc2nc(C3CC3)no2)c1. The van der Waals surface area contributed by atoms with Crippen LogP contribution in [0.3, 0.4) is 0 Å². The third kappa shape index (κ3) is 3.47. The number of anilines is 1. The Morgan fingerprint density at radius 2 is 2.08 bits per heavy atom. The Balaban J connectivity index is 1.53. The minimum Gasteiger partial charge on any atom is -0.339 e. The lowest BCUT2D eigenvalue weighted by molar-refractivity contribution is 0.102. The van der Waals surface area contributed by atoms with Crippen molar-refractivity contribution in [3.8, 4) is 6.07 Å². The number of benzene rings is 2. The molecule has 1 aliphatic carbocycles. The van der Waals surface area contributed by atoms with Gasteiger partial charge in [0.25, 0.3) is 5.91 Å². The first-order valence-corrected chi connectivity index (χ1v) is 8.45. The van der Waals surface area contributed by atoms with Crippen molar-refractivity contribution < 1.29 is 9.32 Å². The molecule has 0 bridgehead atoms. The van der Waals surface area contributed by atoms with Gasteiger partial charge in [0.05, 0.1) is 18.1 Å². The normalized spacial score (nSPS) is 13.2. The van der Waals surface area contributed by atoms with Gasteiger partial charge in [-0.15, -0.1) is 0 Å². The fraction of sp³-hybridized carbons (Fsp3) is 0.200. The van der Waals surface area contributed by atoms with Gasteiger partial charge in [-0.25, -0.2) is 0 Å². The molecule has 128 valence electrons. The van der Waals surface area contributed by atoms with Crippen molar-refractivity contribution in [3.63, 3.8) is 0 Å². The number of carbonyl (C=O) groups is 1. The molecule has 6 nitrogen and oxygen atoms in total. The minimum absolute atomic E-state index is 0.265. The molecular weight excluding hydrogens is 328 g/mol. The molecule has 3 aromatic rings. The molecule has 0 spiro atoms. The third-order valence-corrected chi connectivity index (χ3v) is 4.29. The Hall–Kier alpha value is -3.46. The Labute approximate surface area is 150 Å². The van der Waals surface area contributed by atoms with Gasteiger partial charge in [-0.1, -0.05) is 29.4 Å². The lowest BCUT2D eigenvalue weighted by Gasteiger charge is -2.10. The van der Waals surface area contributed by atoms with Gasteiger partial charge in [0.2, 0.25) is 5.89 Å². The van der Waals surface area contributed by atoms with Crippen LogP contribution in [-0.4, -0.2) is 16.0 Å². The standard InChI is InChI=1S/C20H16N4O2/c21-12-13-4-3-6-16(10-13)20(25)22-17-7-2-1-5-15(17)11-18-23-19(24-26-18)14-8-9-14/h1-7,10,14H,8-9,11H2,(H,22,25). The van der Waals surface area contributed by atoms with Crippen LogP contribution in [0.5, 0.6) is 0 Å². The van der Waals surface area contributed by atoms with Gasteiger partial charge in [-0.2, -0.15) is 10.2 Å². The van der Waals surface area contributed by atoms with Gasteiger partial charge >= 0.3 is 0 Å². The van der Waals surface area contributed by atoms with E-state index in [0.29, 0.717) is 35.0 Å². The van der Waals surface area contributed by atoms with Crippen LogP contribution in [0, 0.1) is 11.3 Å². The maximum atomic E-state index is 12.5. The molecule has 1 aliphatic rings. The number of para-hydroxylation sites is 1. The highest BCUT2D eigenvalue weighted by Gasteiger charge is 2.28. The average Bonchev–Trinajstić information content (AvgIpc) is 3.42. The van der Waals surface area contributed by atoms with Gasteiger partial charge in [0.15, 0.2) is 5.82 Å². The summed E-state index contributed by atoms with van der Waals surface area (Å²) >= 11 is 0. The topological polar surface area (TPSA) is 91.8 Å². The van der Waals surface area contributed by atoms with E-state index < -0.39 is 0 Å². The number of nitrogens with zero attached hydrogens (tertiary/aromatic N) is 3. The van der Waals surface area contributed by atoms with Gasteiger partial charge < -0.3 is 9.84 Å². The molecule has 1 aromatic heterocycles. The smallest absolute Gasteiger partial charge is 0.255 e. The molecule has 0 unspecified atom stereocenters. The van der Waals surface area contributed by atoms with Crippen LogP contribution in [0.2, 0.25) is 0 Å². The predicted octanol–water partition coefficient (Wildman–Crippen LogP) is 3.66. The lowest BCUT2D eigenvalue weighted by Crippen LogP contribution is -2.13. The number of aromatic nitrogens is 2. The fourth-order valence-corrected chi connectivity index (χ4v) is 2.73. The first-order valence-electron chi connectivity index (χ1n) is 8.45. The first-order chi connectivity index (χ1) is 12.7. The van der Waals surface area contributed by atoms with Crippen LogP contribution in [0.1, 0.15) is 52.0 Å². The van der Waals surface area contributed by atoms with E-state index in [2.05, 4.69) is 15.5 Å². The van der Waals surface area contributed by atoms with Crippen molar-refractivity contribution in [2.75, 3.05) is 5.32 Å². The van der Waals surface area contributed by atoms with Gasteiger partial charge in [-0.05, 0) is 42.7 Å². The van der Waals surface area contributed by atoms with Crippen LogP contribution >= 0.6 is 0 Å². The number of hydrogen-bond donors (Lipinski definition) is 1. The maximum Gasteiger partial charge on any atom is 0.255 e. The summed E-state index contributed by atoms with van der Waals surface area (Å²) in [5.74, 6) is 1.49. The van der Waals surface area contributed by atoms with E-state index in [4.69, 9.17) is 9.78 Å². The number of nitriles is 1. The van der Waals surface area contributed by atoms with Crippen molar-refractivity contribution >= 4 is 11.6 Å².